The van der Waals surface area contributed by atoms with Gasteiger partial charge in [-0.3, -0.25) is 9.78 Å². The highest BCUT2D eigenvalue weighted by molar-refractivity contribution is 6.30. The first-order valence-corrected chi connectivity index (χ1v) is 6.59. The molecule has 0 aliphatic carbocycles. The van der Waals surface area contributed by atoms with Gasteiger partial charge in [0.25, 0.3) is 5.91 Å². The van der Waals surface area contributed by atoms with Crippen LogP contribution in [0.15, 0.2) is 36.7 Å². The van der Waals surface area contributed by atoms with Gasteiger partial charge in [0.05, 0.1) is 12.4 Å². The first kappa shape index (κ1) is 14.3. The number of amides is 1. The second-order valence-corrected chi connectivity index (χ2v) is 4.61. The normalized spacial score (nSPS) is 10.1. The SMILES string of the molecule is CNc1cncc(C(=O)NCCc2ccc(Cl)cc2)n1. The molecule has 1 aromatic heterocycles. The van der Waals surface area contributed by atoms with Crippen molar-refractivity contribution in [2.24, 2.45) is 0 Å². The summed E-state index contributed by atoms with van der Waals surface area (Å²) in [5.41, 5.74) is 1.41. The molecule has 2 rings (SSSR count). The smallest absolute Gasteiger partial charge is 0.271 e. The lowest BCUT2D eigenvalue weighted by atomic mass is 10.1. The molecule has 2 aromatic rings. The topological polar surface area (TPSA) is 66.9 Å². The number of nitrogens with one attached hydrogen (secondary N) is 2. The van der Waals surface area contributed by atoms with E-state index >= 15 is 0 Å². The summed E-state index contributed by atoms with van der Waals surface area (Å²) in [7, 11) is 1.73. The second kappa shape index (κ2) is 6.86. The summed E-state index contributed by atoms with van der Waals surface area (Å²) in [6.45, 7) is 0.534. The zero-order valence-corrected chi connectivity index (χ0v) is 11.8. The Morgan fingerprint density at radius 1 is 1.25 bits per heavy atom. The van der Waals surface area contributed by atoms with Crippen LogP contribution < -0.4 is 10.6 Å². The predicted octanol–water partition coefficient (Wildman–Crippen LogP) is 2.14. The zero-order chi connectivity index (χ0) is 14.4. The minimum atomic E-state index is -0.233. The fraction of sp³-hybridized carbons (Fsp3) is 0.214. The lowest BCUT2D eigenvalue weighted by molar-refractivity contribution is 0.0949. The van der Waals surface area contributed by atoms with E-state index in [0.717, 1.165) is 12.0 Å². The molecule has 0 bridgehead atoms. The van der Waals surface area contributed by atoms with E-state index < -0.39 is 0 Å². The summed E-state index contributed by atoms with van der Waals surface area (Å²) in [5.74, 6) is 0.332. The third-order valence-electron chi connectivity index (χ3n) is 2.74. The van der Waals surface area contributed by atoms with Crippen LogP contribution in [0, 0.1) is 0 Å². The monoisotopic (exact) mass is 290 g/mol. The molecule has 0 aliphatic rings. The summed E-state index contributed by atoms with van der Waals surface area (Å²) < 4.78 is 0. The van der Waals surface area contributed by atoms with E-state index in [4.69, 9.17) is 11.6 Å². The third kappa shape index (κ3) is 3.93. The minimum absolute atomic E-state index is 0.233. The number of hydrogen-bond acceptors (Lipinski definition) is 4. The summed E-state index contributed by atoms with van der Waals surface area (Å²) in [6, 6.07) is 7.55. The molecule has 1 amide bonds. The first-order chi connectivity index (χ1) is 9.69. The Labute approximate surface area is 122 Å². The van der Waals surface area contributed by atoms with Gasteiger partial charge in [-0.25, -0.2) is 4.98 Å². The van der Waals surface area contributed by atoms with Gasteiger partial charge in [-0.15, -0.1) is 0 Å². The summed E-state index contributed by atoms with van der Waals surface area (Å²) >= 11 is 5.81. The molecule has 0 saturated carbocycles. The highest BCUT2D eigenvalue weighted by atomic mass is 35.5. The van der Waals surface area contributed by atoms with Crippen molar-refractivity contribution >= 4 is 23.3 Å². The van der Waals surface area contributed by atoms with E-state index in [9.17, 15) is 4.79 Å². The van der Waals surface area contributed by atoms with Crippen molar-refractivity contribution in [2.45, 2.75) is 6.42 Å². The van der Waals surface area contributed by atoms with E-state index in [1.165, 1.54) is 6.20 Å². The number of benzene rings is 1. The van der Waals surface area contributed by atoms with Gasteiger partial charge in [-0.2, -0.15) is 0 Å². The Morgan fingerprint density at radius 2 is 2.00 bits per heavy atom. The maximum absolute atomic E-state index is 11.9. The number of nitrogens with zero attached hydrogens (tertiary/aromatic N) is 2. The van der Waals surface area contributed by atoms with Crippen LogP contribution in [0.3, 0.4) is 0 Å². The molecule has 0 atom stereocenters. The number of halogens is 1. The van der Waals surface area contributed by atoms with Crippen molar-refractivity contribution in [1.29, 1.82) is 0 Å². The molecular weight excluding hydrogens is 276 g/mol. The Kier molecular flexibility index (Phi) is 4.90. The molecule has 0 fully saturated rings. The van der Waals surface area contributed by atoms with E-state index in [-0.39, 0.29) is 5.91 Å². The minimum Gasteiger partial charge on any atom is -0.372 e. The molecule has 0 saturated heterocycles. The molecular formula is C14H15ClN4O. The Bertz CT molecular complexity index is 586. The van der Waals surface area contributed by atoms with Crippen LogP contribution in [0.1, 0.15) is 16.1 Å². The molecule has 5 nitrogen and oxygen atoms in total. The molecule has 0 aliphatic heterocycles. The average Bonchev–Trinajstić information content (AvgIpc) is 2.49. The highest BCUT2D eigenvalue weighted by Crippen LogP contribution is 2.09. The number of rotatable bonds is 5. The summed E-state index contributed by atoms with van der Waals surface area (Å²) in [6.07, 6.45) is 3.74. The predicted molar refractivity (Wildman–Crippen MR) is 79.1 cm³/mol. The average molecular weight is 291 g/mol. The second-order valence-electron chi connectivity index (χ2n) is 4.17. The largest absolute Gasteiger partial charge is 0.372 e. The number of carbonyl (C=O) groups is 1. The molecule has 0 unspecified atom stereocenters. The van der Waals surface area contributed by atoms with Gasteiger partial charge in [0.1, 0.15) is 11.5 Å². The van der Waals surface area contributed by atoms with Crippen LogP contribution in [0.4, 0.5) is 5.82 Å². The molecule has 2 N–H and O–H groups in total. The van der Waals surface area contributed by atoms with Crippen LogP contribution in [0.25, 0.3) is 0 Å². The quantitative estimate of drug-likeness (QED) is 0.885. The molecule has 104 valence electrons. The van der Waals surface area contributed by atoms with Crippen molar-refractivity contribution in [3.63, 3.8) is 0 Å². The van der Waals surface area contributed by atoms with Crippen LogP contribution >= 0.6 is 11.6 Å². The Balaban J connectivity index is 1.87. The maximum Gasteiger partial charge on any atom is 0.271 e. The van der Waals surface area contributed by atoms with Crippen molar-refractivity contribution in [2.75, 3.05) is 18.9 Å². The van der Waals surface area contributed by atoms with Crippen LogP contribution in [0.2, 0.25) is 5.02 Å². The van der Waals surface area contributed by atoms with Crippen molar-refractivity contribution in [3.8, 4) is 0 Å². The molecule has 1 heterocycles. The van der Waals surface area contributed by atoms with E-state index in [2.05, 4.69) is 20.6 Å². The number of hydrogen-bond donors (Lipinski definition) is 2. The van der Waals surface area contributed by atoms with Gasteiger partial charge in [0, 0.05) is 18.6 Å². The van der Waals surface area contributed by atoms with Gasteiger partial charge in [0.2, 0.25) is 0 Å². The van der Waals surface area contributed by atoms with Gasteiger partial charge in [-0.05, 0) is 24.1 Å². The maximum atomic E-state index is 11.9. The number of aromatic nitrogens is 2. The summed E-state index contributed by atoms with van der Waals surface area (Å²) in [5, 5.41) is 6.36. The van der Waals surface area contributed by atoms with E-state index in [1.54, 1.807) is 13.2 Å². The fourth-order valence-corrected chi connectivity index (χ4v) is 1.78. The number of carbonyl (C=O) groups excluding carboxylic acids is 1. The van der Waals surface area contributed by atoms with Gasteiger partial charge < -0.3 is 10.6 Å². The molecule has 6 heteroatoms. The molecule has 0 spiro atoms. The molecule has 20 heavy (non-hydrogen) atoms. The van der Waals surface area contributed by atoms with Crippen LogP contribution in [-0.2, 0) is 6.42 Å². The lowest BCUT2D eigenvalue weighted by Gasteiger charge is -2.06. The van der Waals surface area contributed by atoms with Gasteiger partial charge in [-0.1, -0.05) is 23.7 Å². The standard InChI is InChI=1S/C14H15ClN4O/c1-16-13-9-17-8-12(19-13)14(20)18-7-6-10-2-4-11(15)5-3-10/h2-5,8-9H,6-7H2,1H3,(H,16,19)(H,18,20). The molecule has 1 aromatic carbocycles. The zero-order valence-electron chi connectivity index (χ0n) is 11.1. The molecule has 0 radical (unpaired) electrons. The first-order valence-electron chi connectivity index (χ1n) is 6.21. The fourth-order valence-electron chi connectivity index (χ4n) is 1.66. The van der Waals surface area contributed by atoms with E-state index in [1.807, 2.05) is 24.3 Å². The number of anilines is 1. The van der Waals surface area contributed by atoms with Crippen molar-refractivity contribution < 1.29 is 4.79 Å². The highest BCUT2D eigenvalue weighted by Gasteiger charge is 2.07. The third-order valence-corrected chi connectivity index (χ3v) is 2.99. The van der Waals surface area contributed by atoms with E-state index in [0.29, 0.717) is 23.1 Å². The van der Waals surface area contributed by atoms with Crippen LogP contribution in [-0.4, -0.2) is 29.5 Å². The lowest BCUT2D eigenvalue weighted by Crippen LogP contribution is -2.26. The summed E-state index contributed by atoms with van der Waals surface area (Å²) in [4.78, 5) is 20.0. The van der Waals surface area contributed by atoms with Crippen molar-refractivity contribution in [1.82, 2.24) is 15.3 Å². The van der Waals surface area contributed by atoms with Gasteiger partial charge in [0.15, 0.2) is 0 Å². The van der Waals surface area contributed by atoms with Crippen LogP contribution in [0.5, 0.6) is 0 Å². The Hall–Kier alpha value is -2.14. The van der Waals surface area contributed by atoms with Gasteiger partial charge >= 0.3 is 0 Å². The van der Waals surface area contributed by atoms with Crippen molar-refractivity contribution in [3.05, 3.63) is 52.9 Å². The Morgan fingerprint density at radius 3 is 2.70 bits per heavy atom.